The molecule has 0 saturated heterocycles. The number of hydrogen-bond donors (Lipinski definition) is 2. The molecule has 0 atom stereocenters. The van der Waals surface area contributed by atoms with Gasteiger partial charge in [0.15, 0.2) is 0 Å². The lowest BCUT2D eigenvalue weighted by molar-refractivity contribution is 0.0697. The molecule has 2 heterocycles. The van der Waals surface area contributed by atoms with Gasteiger partial charge in [-0.05, 0) is 37.6 Å². The van der Waals surface area contributed by atoms with Gasteiger partial charge >= 0.3 is 5.97 Å². The summed E-state index contributed by atoms with van der Waals surface area (Å²) in [5, 5.41) is 12.3. The van der Waals surface area contributed by atoms with Crippen molar-refractivity contribution in [1.29, 1.82) is 0 Å². The number of aryl methyl sites for hydroxylation is 2. The molecule has 0 aliphatic rings. The Labute approximate surface area is 111 Å². The van der Waals surface area contributed by atoms with Crippen molar-refractivity contribution in [1.82, 2.24) is 4.98 Å². The highest BCUT2D eigenvalue weighted by atomic mass is 16.4. The maximum Gasteiger partial charge on any atom is 0.339 e. The number of carbonyl (C=O) groups is 1. The van der Waals surface area contributed by atoms with Crippen LogP contribution in [0.25, 0.3) is 0 Å². The molecule has 2 aromatic heterocycles. The lowest BCUT2D eigenvalue weighted by Gasteiger charge is -2.11. The number of rotatable bonds is 5. The molecule has 0 radical (unpaired) electrons. The van der Waals surface area contributed by atoms with Crippen LogP contribution in [0.15, 0.2) is 28.9 Å². The van der Waals surface area contributed by atoms with E-state index in [0.717, 1.165) is 11.5 Å². The number of nitrogens with one attached hydrogen (secondary N) is 1. The lowest BCUT2D eigenvalue weighted by Crippen LogP contribution is -2.13. The second kappa shape index (κ2) is 5.56. The molecule has 100 valence electrons. The van der Waals surface area contributed by atoms with Crippen LogP contribution in [0, 0.1) is 13.8 Å². The molecule has 2 rings (SSSR count). The monoisotopic (exact) mass is 260 g/mol. The molecule has 0 unspecified atom stereocenters. The average molecular weight is 260 g/mol. The minimum absolute atomic E-state index is 0.227. The normalized spacial score (nSPS) is 10.4. The fourth-order valence-electron chi connectivity index (χ4n) is 1.99. The minimum atomic E-state index is -0.967. The van der Waals surface area contributed by atoms with Crippen molar-refractivity contribution < 1.29 is 14.3 Å². The average Bonchev–Trinajstić information content (AvgIpc) is 2.80. The Morgan fingerprint density at radius 2 is 2.26 bits per heavy atom. The molecule has 2 N–H and O–H groups in total. The van der Waals surface area contributed by atoms with Gasteiger partial charge in [-0.25, -0.2) is 9.78 Å². The lowest BCUT2D eigenvalue weighted by atomic mass is 10.1. The first-order valence-corrected chi connectivity index (χ1v) is 6.05. The van der Waals surface area contributed by atoms with E-state index in [1.807, 2.05) is 19.1 Å². The first-order chi connectivity index (χ1) is 9.08. The third-order valence-electron chi connectivity index (χ3n) is 2.80. The van der Waals surface area contributed by atoms with E-state index in [0.29, 0.717) is 24.3 Å². The molecule has 0 bridgehead atoms. The Kier molecular flexibility index (Phi) is 3.85. The molecule has 5 nitrogen and oxygen atoms in total. The Balaban J connectivity index is 2.12. The number of nitrogens with zero attached hydrogens (tertiary/aromatic N) is 1. The van der Waals surface area contributed by atoms with Crippen LogP contribution in [0.3, 0.4) is 0 Å². The SMILES string of the molecule is Cc1cc(C)c(C(=O)O)c(NCCc2ccco2)n1. The molecule has 19 heavy (non-hydrogen) atoms. The zero-order valence-electron chi connectivity index (χ0n) is 10.9. The summed E-state index contributed by atoms with van der Waals surface area (Å²) in [6.07, 6.45) is 2.30. The first-order valence-electron chi connectivity index (χ1n) is 6.05. The van der Waals surface area contributed by atoms with Crippen LogP contribution in [0.2, 0.25) is 0 Å². The summed E-state index contributed by atoms with van der Waals surface area (Å²) in [5.74, 6) is 0.302. The molecule has 0 aliphatic carbocycles. The van der Waals surface area contributed by atoms with Gasteiger partial charge in [-0.1, -0.05) is 0 Å². The van der Waals surface area contributed by atoms with E-state index >= 15 is 0 Å². The van der Waals surface area contributed by atoms with Gasteiger partial charge in [0.05, 0.1) is 6.26 Å². The van der Waals surface area contributed by atoms with E-state index in [-0.39, 0.29) is 5.56 Å². The van der Waals surface area contributed by atoms with Crippen molar-refractivity contribution >= 4 is 11.8 Å². The summed E-state index contributed by atoms with van der Waals surface area (Å²) >= 11 is 0. The Morgan fingerprint density at radius 3 is 2.89 bits per heavy atom. The molecular formula is C14H16N2O3. The third kappa shape index (κ3) is 3.13. The summed E-state index contributed by atoms with van der Waals surface area (Å²) in [5.41, 5.74) is 1.73. The van der Waals surface area contributed by atoms with E-state index < -0.39 is 5.97 Å². The van der Waals surface area contributed by atoms with Gasteiger partial charge in [0.1, 0.15) is 17.1 Å². The van der Waals surface area contributed by atoms with E-state index in [1.165, 1.54) is 0 Å². The summed E-state index contributed by atoms with van der Waals surface area (Å²) in [6, 6.07) is 5.48. The number of aromatic nitrogens is 1. The summed E-state index contributed by atoms with van der Waals surface area (Å²) in [7, 11) is 0. The Hall–Kier alpha value is -2.30. The number of carboxylic acid groups (broad SMARTS) is 1. The molecule has 0 fully saturated rings. The zero-order valence-corrected chi connectivity index (χ0v) is 10.9. The third-order valence-corrected chi connectivity index (χ3v) is 2.80. The predicted octanol–water partition coefficient (Wildman–Crippen LogP) is 2.64. The first kappa shape index (κ1) is 13.1. The van der Waals surface area contributed by atoms with Crippen LogP contribution in [0.5, 0.6) is 0 Å². The second-order valence-electron chi connectivity index (χ2n) is 4.37. The largest absolute Gasteiger partial charge is 0.478 e. The van der Waals surface area contributed by atoms with E-state index in [9.17, 15) is 9.90 Å². The van der Waals surface area contributed by atoms with Gasteiger partial charge in [-0.15, -0.1) is 0 Å². The molecular weight excluding hydrogens is 244 g/mol. The number of carboxylic acids is 1. The number of furan rings is 1. The Bertz CT molecular complexity index is 577. The molecule has 5 heteroatoms. The maximum atomic E-state index is 11.2. The van der Waals surface area contributed by atoms with Crippen molar-refractivity contribution in [3.05, 3.63) is 47.0 Å². The van der Waals surface area contributed by atoms with Crippen LogP contribution in [-0.2, 0) is 6.42 Å². The van der Waals surface area contributed by atoms with Gasteiger partial charge in [-0.3, -0.25) is 0 Å². The van der Waals surface area contributed by atoms with Crippen LogP contribution >= 0.6 is 0 Å². The van der Waals surface area contributed by atoms with E-state index in [1.54, 1.807) is 19.3 Å². The summed E-state index contributed by atoms with van der Waals surface area (Å²) in [6.45, 7) is 4.19. The van der Waals surface area contributed by atoms with Gasteiger partial charge in [0.2, 0.25) is 0 Å². The Morgan fingerprint density at radius 1 is 1.47 bits per heavy atom. The van der Waals surface area contributed by atoms with Gasteiger partial charge in [-0.2, -0.15) is 0 Å². The van der Waals surface area contributed by atoms with Gasteiger partial charge in [0.25, 0.3) is 0 Å². The standard InChI is InChI=1S/C14H16N2O3/c1-9-8-10(2)16-13(12(9)14(17)18)15-6-5-11-4-3-7-19-11/h3-4,7-8H,5-6H2,1-2H3,(H,15,16)(H,17,18). The molecule has 0 amide bonds. The van der Waals surface area contributed by atoms with Crippen LogP contribution in [-0.4, -0.2) is 22.6 Å². The maximum absolute atomic E-state index is 11.2. The predicted molar refractivity (Wildman–Crippen MR) is 71.6 cm³/mol. The summed E-state index contributed by atoms with van der Waals surface area (Å²) < 4.78 is 5.22. The number of pyridine rings is 1. The smallest absolute Gasteiger partial charge is 0.339 e. The van der Waals surface area contributed by atoms with Crippen LogP contribution < -0.4 is 5.32 Å². The molecule has 0 saturated carbocycles. The van der Waals surface area contributed by atoms with E-state index in [2.05, 4.69) is 10.3 Å². The molecule has 0 aliphatic heterocycles. The molecule has 0 spiro atoms. The molecule has 0 aromatic carbocycles. The highest BCUT2D eigenvalue weighted by Crippen LogP contribution is 2.18. The number of aromatic carboxylic acids is 1. The van der Waals surface area contributed by atoms with Gasteiger partial charge in [0, 0.05) is 18.7 Å². The van der Waals surface area contributed by atoms with E-state index in [4.69, 9.17) is 4.42 Å². The van der Waals surface area contributed by atoms with Crippen molar-refractivity contribution in [2.45, 2.75) is 20.3 Å². The zero-order chi connectivity index (χ0) is 13.8. The number of hydrogen-bond acceptors (Lipinski definition) is 4. The van der Waals surface area contributed by atoms with Crippen LogP contribution in [0.1, 0.15) is 27.4 Å². The van der Waals surface area contributed by atoms with Crippen molar-refractivity contribution in [3.63, 3.8) is 0 Å². The van der Waals surface area contributed by atoms with Crippen molar-refractivity contribution in [2.75, 3.05) is 11.9 Å². The van der Waals surface area contributed by atoms with Crippen molar-refractivity contribution in [2.24, 2.45) is 0 Å². The minimum Gasteiger partial charge on any atom is -0.478 e. The highest BCUT2D eigenvalue weighted by Gasteiger charge is 2.15. The number of anilines is 1. The fraction of sp³-hybridized carbons (Fsp3) is 0.286. The summed E-state index contributed by atoms with van der Waals surface area (Å²) in [4.78, 5) is 15.5. The quantitative estimate of drug-likeness (QED) is 0.864. The molecule has 2 aromatic rings. The second-order valence-corrected chi connectivity index (χ2v) is 4.37. The topological polar surface area (TPSA) is 75.4 Å². The van der Waals surface area contributed by atoms with Crippen LogP contribution in [0.4, 0.5) is 5.82 Å². The highest BCUT2D eigenvalue weighted by molar-refractivity contribution is 5.94. The van der Waals surface area contributed by atoms with Crippen molar-refractivity contribution in [3.8, 4) is 0 Å². The fourth-order valence-corrected chi connectivity index (χ4v) is 1.99. The van der Waals surface area contributed by atoms with Gasteiger partial charge < -0.3 is 14.8 Å².